The van der Waals surface area contributed by atoms with Crippen LogP contribution in [0, 0.1) is 6.92 Å². The van der Waals surface area contributed by atoms with Crippen molar-refractivity contribution in [1.29, 1.82) is 0 Å². The van der Waals surface area contributed by atoms with Crippen LogP contribution in [-0.4, -0.2) is 29.0 Å². The molecule has 5 nitrogen and oxygen atoms in total. The number of rotatable bonds is 1. The van der Waals surface area contributed by atoms with Crippen molar-refractivity contribution in [1.82, 2.24) is 15.3 Å². The second-order valence-corrected chi connectivity index (χ2v) is 4.79. The standard InChI is InChI=1S/C11H12BrN5/c1-6-9(17-11-13-2-3-14-11)7(12)4-8-10(6)16-5-15-8/h4-5H,2-3H2,1H3,(H,15,16)(H2,13,14,17). The lowest BCUT2D eigenvalue weighted by molar-refractivity contribution is 0.959. The predicted octanol–water partition coefficient (Wildman–Crippen LogP) is 2.00. The van der Waals surface area contributed by atoms with Crippen molar-refractivity contribution in [3.05, 3.63) is 22.4 Å². The molecule has 0 unspecified atom stereocenters. The number of anilines is 1. The van der Waals surface area contributed by atoms with E-state index in [2.05, 4.69) is 41.5 Å². The number of halogens is 1. The van der Waals surface area contributed by atoms with Crippen LogP contribution in [0.3, 0.4) is 0 Å². The Hall–Kier alpha value is -1.56. The Morgan fingerprint density at radius 1 is 1.47 bits per heavy atom. The van der Waals surface area contributed by atoms with Gasteiger partial charge in [-0.05, 0) is 28.9 Å². The normalized spacial score (nSPS) is 14.8. The van der Waals surface area contributed by atoms with Gasteiger partial charge in [0, 0.05) is 16.6 Å². The molecule has 0 spiro atoms. The number of imidazole rings is 1. The van der Waals surface area contributed by atoms with Crippen LogP contribution in [-0.2, 0) is 0 Å². The molecule has 0 aliphatic carbocycles. The van der Waals surface area contributed by atoms with E-state index < -0.39 is 0 Å². The predicted molar refractivity (Wildman–Crippen MR) is 72.5 cm³/mol. The zero-order chi connectivity index (χ0) is 11.8. The van der Waals surface area contributed by atoms with Crippen LogP contribution in [0.15, 0.2) is 21.9 Å². The Bertz CT molecular complexity index is 601. The molecule has 0 fully saturated rings. The van der Waals surface area contributed by atoms with Gasteiger partial charge >= 0.3 is 0 Å². The molecule has 1 aromatic carbocycles. The number of guanidine groups is 1. The van der Waals surface area contributed by atoms with Crippen LogP contribution in [0.2, 0.25) is 0 Å². The van der Waals surface area contributed by atoms with Gasteiger partial charge in [-0.1, -0.05) is 0 Å². The van der Waals surface area contributed by atoms with Gasteiger partial charge in [-0.15, -0.1) is 0 Å². The smallest absolute Gasteiger partial charge is 0.195 e. The summed E-state index contributed by atoms with van der Waals surface area (Å²) in [5, 5.41) is 6.49. The molecule has 6 heteroatoms. The maximum Gasteiger partial charge on any atom is 0.195 e. The van der Waals surface area contributed by atoms with E-state index in [1.807, 2.05) is 13.0 Å². The highest BCUT2D eigenvalue weighted by molar-refractivity contribution is 9.10. The third-order valence-corrected chi connectivity index (χ3v) is 3.45. The minimum Gasteiger partial charge on any atom is -0.354 e. The molecule has 3 N–H and O–H groups in total. The minimum atomic E-state index is 0.823. The summed E-state index contributed by atoms with van der Waals surface area (Å²) < 4.78 is 1.00. The number of aromatic amines is 1. The summed E-state index contributed by atoms with van der Waals surface area (Å²) in [5.41, 5.74) is 4.13. The van der Waals surface area contributed by atoms with E-state index in [0.29, 0.717) is 0 Å². The molecular weight excluding hydrogens is 282 g/mol. The van der Waals surface area contributed by atoms with Crippen molar-refractivity contribution in [2.45, 2.75) is 6.92 Å². The van der Waals surface area contributed by atoms with E-state index in [-0.39, 0.29) is 0 Å². The van der Waals surface area contributed by atoms with Crippen LogP contribution in [0.5, 0.6) is 0 Å². The molecule has 1 aliphatic rings. The summed E-state index contributed by atoms with van der Waals surface area (Å²) in [6.07, 6.45) is 1.71. The van der Waals surface area contributed by atoms with Crippen molar-refractivity contribution in [3.8, 4) is 0 Å². The molecule has 0 atom stereocenters. The molecule has 2 heterocycles. The Balaban J connectivity index is 2.08. The number of aliphatic imine (C=N–C) groups is 1. The number of nitrogens with zero attached hydrogens (tertiary/aromatic N) is 2. The maximum atomic E-state index is 4.33. The quantitative estimate of drug-likeness (QED) is 0.754. The average Bonchev–Trinajstić information content (AvgIpc) is 2.94. The van der Waals surface area contributed by atoms with Gasteiger partial charge in [-0.25, -0.2) is 4.98 Å². The summed E-state index contributed by atoms with van der Waals surface area (Å²) in [6.45, 7) is 3.76. The Labute approximate surface area is 107 Å². The largest absolute Gasteiger partial charge is 0.354 e. The van der Waals surface area contributed by atoms with E-state index in [1.165, 1.54) is 0 Å². The average molecular weight is 294 g/mol. The molecule has 0 amide bonds. The lowest BCUT2D eigenvalue weighted by Crippen LogP contribution is -2.26. The van der Waals surface area contributed by atoms with E-state index in [9.17, 15) is 0 Å². The second-order valence-electron chi connectivity index (χ2n) is 3.94. The fraction of sp³-hybridized carbons (Fsp3) is 0.273. The van der Waals surface area contributed by atoms with Gasteiger partial charge < -0.3 is 15.6 Å². The van der Waals surface area contributed by atoms with Crippen molar-refractivity contribution in [2.24, 2.45) is 4.99 Å². The van der Waals surface area contributed by atoms with E-state index >= 15 is 0 Å². The number of H-pyrrole nitrogens is 1. The van der Waals surface area contributed by atoms with E-state index in [1.54, 1.807) is 6.33 Å². The molecule has 1 aromatic heterocycles. The van der Waals surface area contributed by atoms with Crippen LogP contribution < -0.4 is 10.6 Å². The molecule has 0 saturated heterocycles. The van der Waals surface area contributed by atoms with Crippen LogP contribution in [0.1, 0.15) is 5.56 Å². The molecule has 0 saturated carbocycles. The first-order valence-corrected chi connectivity index (χ1v) is 6.22. The van der Waals surface area contributed by atoms with Gasteiger partial charge in [0.1, 0.15) is 0 Å². The highest BCUT2D eigenvalue weighted by atomic mass is 79.9. The number of hydrogen-bond acceptors (Lipinski definition) is 4. The summed E-state index contributed by atoms with van der Waals surface area (Å²) in [6, 6.07) is 2.02. The molecule has 3 rings (SSSR count). The van der Waals surface area contributed by atoms with Gasteiger partial charge in [0.2, 0.25) is 0 Å². The van der Waals surface area contributed by atoms with Gasteiger partial charge in [0.15, 0.2) is 5.96 Å². The van der Waals surface area contributed by atoms with Gasteiger partial charge in [-0.2, -0.15) is 0 Å². The Morgan fingerprint density at radius 3 is 3.12 bits per heavy atom. The fourth-order valence-electron chi connectivity index (χ4n) is 1.96. The van der Waals surface area contributed by atoms with Crippen molar-refractivity contribution in [2.75, 3.05) is 18.4 Å². The third-order valence-electron chi connectivity index (χ3n) is 2.83. The maximum absolute atomic E-state index is 4.33. The first-order valence-electron chi connectivity index (χ1n) is 5.43. The summed E-state index contributed by atoms with van der Waals surface area (Å²) in [5.74, 6) is 0.823. The highest BCUT2D eigenvalue weighted by Crippen LogP contribution is 2.31. The lowest BCUT2D eigenvalue weighted by Gasteiger charge is -2.12. The first kappa shape index (κ1) is 10.6. The summed E-state index contributed by atoms with van der Waals surface area (Å²) in [7, 11) is 0. The Kier molecular flexibility index (Phi) is 2.51. The fourth-order valence-corrected chi connectivity index (χ4v) is 2.59. The molecule has 2 aromatic rings. The number of hydrogen-bond donors (Lipinski definition) is 3. The zero-order valence-corrected chi connectivity index (χ0v) is 10.9. The second kappa shape index (κ2) is 4.03. The molecule has 88 valence electrons. The lowest BCUT2D eigenvalue weighted by atomic mass is 10.1. The van der Waals surface area contributed by atoms with Gasteiger partial charge in [-0.3, -0.25) is 4.99 Å². The molecule has 0 bridgehead atoms. The van der Waals surface area contributed by atoms with E-state index in [4.69, 9.17) is 0 Å². The Morgan fingerprint density at radius 2 is 2.35 bits per heavy atom. The van der Waals surface area contributed by atoms with Crippen molar-refractivity contribution < 1.29 is 0 Å². The summed E-state index contributed by atoms with van der Waals surface area (Å²) in [4.78, 5) is 11.8. The van der Waals surface area contributed by atoms with Crippen LogP contribution in [0.25, 0.3) is 11.0 Å². The SMILES string of the molecule is Cc1c(NC2=NCCN2)c(Br)cc2[nH]cnc12. The minimum absolute atomic E-state index is 0.823. The monoisotopic (exact) mass is 293 g/mol. The van der Waals surface area contributed by atoms with Gasteiger partial charge in [0.25, 0.3) is 0 Å². The molecular formula is C11H12BrN5. The molecule has 17 heavy (non-hydrogen) atoms. The topological polar surface area (TPSA) is 65.1 Å². The molecule has 0 radical (unpaired) electrons. The number of aryl methyl sites for hydroxylation is 1. The zero-order valence-electron chi connectivity index (χ0n) is 9.34. The number of aromatic nitrogens is 2. The van der Waals surface area contributed by atoms with Crippen LogP contribution >= 0.6 is 15.9 Å². The number of benzene rings is 1. The van der Waals surface area contributed by atoms with Crippen molar-refractivity contribution >= 4 is 38.6 Å². The number of nitrogens with one attached hydrogen (secondary N) is 3. The van der Waals surface area contributed by atoms with E-state index in [0.717, 1.165) is 45.8 Å². The third kappa shape index (κ3) is 1.78. The van der Waals surface area contributed by atoms with Crippen LogP contribution in [0.4, 0.5) is 5.69 Å². The molecule has 1 aliphatic heterocycles. The first-order chi connectivity index (χ1) is 8.25. The summed E-state index contributed by atoms with van der Waals surface area (Å²) >= 11 is 3.57. The van der Waals surface area contributed by atoms with Crippen molar-refractivity contribution in [3.63, 3.8) is 0 Å². The van der Waals surface area contributed by atoms with Gasteiger partial charge in [0.05, 0.1) is 29.6 Å². The highest BCUT2D eigenvalue weighted by Gasteiger charge is 2.13. The number of fused-ring (bicyclic) bond motifs is 1.